The van der Waals surface area contributed by atoms with Crippen molar-refractivity contribution in [2.45, 2.75) is 32.6 Å². The van der Waals surface area contributed by atoms with Gasteiger partial charge in [0.1, 0.15) is 0 Å². The molecule has 0 aliphatic heterocycles. The van der Waals surface area contributed by atoms with E-state index in [1.165, 1.54) is 12.1 Å². The van der Waals surface area contributed by atoms with Crippen molar-refractivity contribution in [3.8, 4) is 5.69 Å². The van der Waals surface area contributed by atoms with E-state index in [4.69, 9.17) is 9.88 Å². The van der Waals surface area contributed by atoms with Gasteiger partial charge in [-0.05, 0) is 69.7 Å². The van der Waals surface area contributed by atoms with Crippen molar-refractivity contribution in [2.75, 3.05) is 6.61 Å². The normalized spacial score (nSPS) is 11.4. The smallest absolute Gasteiger partial charge is 0.338 e. The predicted octanol–water partition coefficient (Wildman–Crippen LogP) is 3.40. The Balaban J connectivity index is 1.79. The van der Waals surface area contributed by atoms with Gasteiger partial charge in [0, 0.05) is 22.6 Å². The van der Waals surface area contributed by atoms with Gasteiger partial charge in [0.05, 0.1) is 10.5 Å². The number of nitrogens with two attached hydrogens (primary N) is 1. The lowest BCUT2D eigenvalue weighted by Crippen LogP contribution is -2.16. The van der Waals surface area contributed by atoms with Crippen LogP contribution in [0.5, 0.6) is 0 Å². The van der Waals surface area contributed by atoms with E-state index >= 15 is 0 Å². The molecular weight excluding hydrogens is 416 g/mol. The van der Waals surface area contributed by atoms with E-state index in [9.17, 15) is 18.0 Å². The van der Waals surface area contributed by atoms with E-state index in [1.807, 2.05) is 37.5 Å². The third-order valence-electron chi connectivity index (χ3n) is 5.09. The van der Waals surface area contributed by atoms with Crippen molar-refractivity contribution >= 4 is 21.8 Å². The molecule has 2 N–H and O–H groups in total. The van der Waals surface area contributed by atoms with Crippen molar-refractivity contribution in [1.29, 1.82) is 0 Å². The van der Waals surface area contributed by atoms with Gasteiger partial charge in [-0.15, -0.1) is 0 Å². The summed E-state index contributed by atoms with van der Waals surface area (Å²) in [5.41, 5.74) is 4.82. The van der Waals surface area contributed by atoms with Gasteiger partial charge in [-0.2, -0.15) is 0 Å². The highest BCUT2D eigenvalue weighted by Crippen LogP contribution is 2.23. The molecule has 0 radical (unpaired) electrons. The molecule has 0 amide bonds. The quantitative estimate of drug-likeness (QED) is 0.467. The molecule has 0 aliphatic carbocycles. The van der Waals surface area contributed by atoms with E-state index < -0.39 is 16.0 Å². The molecule has 162 valence electrons. The van der Waals surface area contributed by atoms with E-state index in [2.05, 4.69) is 0 Å². The summed E-state index contributed by atoms with van der Waals surface area (Å²) in [4.78, 5) is 25.1. The Morgan fingerprint density at radius 2 is 1.58 bits per heavy atom. The second-order valence-electron chi connectivity index (χ2n) is 7.48. The molecule has 7 nitrogen and oxygen atoms in total. The van der Waals surface area contributed by atoms with Gasteiger partial charge in [0.25, 0.3) is 0 Å². The lowest BCUT2D eigenvalue weighted by atomic mass is 10.1. The van der Waals surface area contributed by atoms with Crippen LogP contribution in [0.15, 0.2) is 53.4 Å². The first-order chi connectivity index (χ1) is 14.5. The number of hydrogen-bond donors (Lipinski definition) is 1. The van der Waals surface area contributed by atoms with Gasteiger partial charge in [-0.3, -0.25) is 4.79 Å². The number of ether oxygens (including phenoxy) is 1. The highest BCUT2D eigenvalue weighted by Gasteiger charge is 2.19. The van der Waals surface area contributed by atoms with Gasteiger partial charge in [0.2, 0.25) is 15.8 Å². The number of aromatic nitrogens is 1. The molecule has 0 atom stereocenters. The standard InChI is InChI=1S/C23H24N2O5S/c1-14-5-10-20(15(2)11-14)23(27)30-13-22(26)21-12-16(3)25(17(21)4)18-6-8-19(9-7-18)31(24,28)29/h5-12H,13H2,1-4H3,(H2,24,28,29). The molecule has 1 heterocycles. The van der Waals surface area contributed by atoms with Crippen molar-refractivity contribution in [1.82, 2.24) is 4.57 Å². The van der Waals surface area contributed by atoms with Crippen LogP contribution >= 0.6 is 0 Å². The van der Waals surface area contributed by atoms with Crippen LogP contribution < -0.4 is 5.14 Å². The SMILES string of the molecule is Cc1ccc(C(=O)OCC(=O)c2cc(C)n(-c3ccc(S(N)(=O)=O)cc3)c2C)c(C)c1. The molecule has 0 fully saturated rings. The highest BCUT2D eigenvalue weighted by molar-refractivity contribution is 7.89. The Morgan fingerprint density at radius 1 is 0.935 bits per heavy atom. The third-order valence-corrected chi connectivity index (χ3v) is 6.02. The van der Waals surface area contributed by atoms with Crippen LogP contribution in [0.4, 0.5) is 0 Å². The summed E-state index contributed by atoms with van der Waals surface area (Å²) in [5.74, 6) is -0.864. The monoisotopic (exact) mass is 440 g/mol. The van der Waals surface area contributed by atoms with Crippen molar-refractivity contribution < 1.29 is 22.7 Å². The predicted molar refractivity (Wildman–Crippen MR) is 117 cm³/mol. The fraction of sp³-hybridized carbons (Fsp3) is 0.217. The van der Waals surface area contributed by atoms with Gasteiger partial charge in [0.15, 0.2) is 6.61 Å². The minimum absolute atomic E-state index is 0.00771. The summed E-state index contributed by atoms with van der Waals surface area (Å²) in [7, 11) is -3.79. The number of esters is 1. The maximum absolute atomic E-state index is 12.7. The molecular formula is C23H24N2O5S. The summed E-state index contributed by atoms with van der Waals surface area (Å²) in [6.45, 7) is 6.99. The molecule has 0 spiro atoms. The van der Waals surface area contributed by atoms with Gasteiger partial charge < -0.3 is 9.30 Å². The van der Waals surface area contributed by atoms with Crippen LogP contribution in [0.1, 0.15) is 43.2 Å². The Labute approximate surface area is 181 Å². The molecule has 8 heteroatoms. The molecule has 2 aromatic carbocycles. The summed E-state index contributed by atoms with van der Waals surface area (Å²) in [6.07, 6.45) is 0. The first-order valence-electron chi connectivity index (χ1n) is 9.59. The number of aryl methyl sites for hydroxylation is 3. The van der Waals surface area contributed by atoms with Crippen LogP contribution in [0.2, 0.25) is 0 Å². The number of ketones is 1. The summed E-state index contributed by atoms with van der Waals surface area (Å²) < 4.78 is 30.0. The largest absolute Gasteiger partial charge is 0.454 e. The van der Waals surface area contributed by atoms with E-state index in [1.54, 1.807) is 31.2 Å². The number of Topliss-reactive ketones (excluding diaryl/α,β-unsaturated/α-hetero) is 1. The van der Waals surface area contributed by atoms with Crippen LogP contribution in [0, 0.1) is 27.7 Å². The molecule has 3 aromatic rings. The summed E-state index contributed by atoms with van der Waals surface area (Å²) >= 11 is 0. The second kappa shape index (κ2) is 8.49. The molecule has 0 unspecified atom stereocenters. The highest BCUT2D eigenvalue weighted by atomic mass is 32.2. The number of rotatable bonds is 6. The average Bonchev–Trinajstić information content (AvgIpc) is 2.99. The number of hydrogen-bond acceptors (Lipinski definition) is 5. The van der Waals surface area contributed by atoms with Crippen molar-refractivity contribution in [2.24, 2.45) is 5.14 Å². The molecule has 0 saturated carbocycles. The first-order valence-corrected chi connectivity index (χ1v) is 11.1. The molecule has 0 bridgehead atoms. The average molecular weight is 441 g/mol. The zero-order chi connectivity index (χ0) is 22.9. The number of carbonyl (C=O) groups excluding carboxylic acids is 2. The number of carbonyl (C=O) groups is 2. The Kier molecular flexibility index (Phi) is 6.15. The summed E-state index contributed by atoms with van der Waals surface area (Å²) in [6, 6.07) is 13.2. The Hall–Kier alpha value is -3.23. The molecule has 0 aliphatic rings. The summed E-state index contributed by atoms with van der Waals surface area (Å²) in [5, 5.41) is 5.14. The Bertz CT molecular complexity index is 1270. The molecule has 1 aromatic heterocycles. The number of nitrogens with zero attached hydrogens (tertiary/aromatic N) is 1. The lowest BCUT2D eigenvalue weighted by Gasteiger charge is -2.11. The minimum Gasteiger partial charge on any atom is -0.454 e. The molecule has 31 heavy (non-hydrogen) atoms. The maximum atomic E-state index is 12.7. The van der Waals surface area contributed by atoms with Crippen LogP contribution in [0.25, 0.3) is 5.69 Å². The van der Waals surface area contributed by atoms with Gasteiger partial charge >= 0.3 is 5.97 Å². The fourth-order valence-corrected chi connectivity index (χ4v) is 4.07. The van der Waals surface area contributed by atoms with Crippen LogP contribution in [-0.2, 0) is 14.8 Å². The topological polar surface area (TPSA) is 108 Å². The van der Waals surface area contributed by atoms with Gasteiger partial charge in [-0.25, -0.2) is 18.4 Å². The van der Waals surface area contributed by atoms with Crippen molar-refractivity contribution in [3.05, 3.63) is 82.2 Å². The second-order valence-corrected chi connectivity index (χ2v) is 9.04. The molecule has 0 saturated heterocycles. The minimum atomic E-state index is -3.79. The molecule has 3 rings (SSSR count). The maximum Gasteiger partial charge on any atom is 0.338 e. The van der Waals surface area contributed by atoms with Gasteiger partial charge in [-0.1, -0.05) is 17.7 Å². The first kappa shape index (κ1) is 22.5. The van der Waals surface area contributed by atoms with E-state index in [-0.39, 0.29) is 17.3 Å². The number of primary sulfonamides is 1. The third kappa shape index (κ3) is 4.76. The van der Waals surface area contributed by atoms with E-state index in [0.29, 0.717) is 22.5 Å². The number of benzene rings is 2. The lowest BCUT2D eigenvalue weighted by molar-refractivity contribution is 0.0474. The fourth-order valence-electron chi connectivity index (χ4n) is 3.56. The van der Waals surface area contributed by atoms with E-state index in [0.717, 1.165) is 16.8 Å². The number of sulfonamides is 1. The zero-order valence-electron chi connectivity index (χ0n) is 17.8. The van der Waals surface area contributed by atoms with Crippen molar-refractivity contribution in [3.63, 3.8) is 0 Å². The van der Waals surface area contributed by atoms with Crippen LogP contribution in [-0.4, -0.2) is 31.3 Å². The Morgan fingerprint density at radius 3 is 2.16 bits per heavy atom. The zero-order valence-corrected chi connectivity index (χ0v) is 18.6. The van der Waals surface area contributed by atoms with Crippen LogP contribution in [0.3, 0.4) is 0 Å².